The molecule has 2 saturated carbocycles. The van der Waals surface area contributed by atoms with Crippen LogP contribution in [0.15, 0.2) is 48.1 Å². The van der Waals surface area contributed by atoms with E-state index in [2.05, 4.69) is 11.8 Å². The topological polar surface area (TPSA) is 143 Å². The zero-order chi connectivity index (χ0) is 31.6. The Labute approximate surface area is 255 Å². The van der Waals surface area contributed by atoms with Crippen LogP contribution in [0.4, 0.5) is 0 Å². The van der Waals surface area contributed by atoms with Crippen LogP contribution in [0.2, 0.25) is 0 Å². The number of para-hydroxylation sites is 1. The second-order valence-corrected chi connectivity index (χ2v) is 13.5. The average Bonchev–Trinajstić information content (AvgIpc) is 3.44. The first-order valence-corrected chi connectivity index (χ1v) is 16.3. The van der Waals surface area contributed by atoms with E-state index in [0.717, 1.165) is 19.3 Å². The summed E-state index contributed by atoms with van der Waals surface area (Å²) in [5.74, 6) is 6.31. The molecule has 0 aliphatic heterocycles. The number of carbonyl (C=O) groups excluding carboxylic acids is 1. The predicted octanol–water partition coefficient (Wildman–Crippen LogP) is 3.59. The van der Waals surface area contributed by atoms with Gasteiger partial charge < -0.3 is 28.7 Å². The van der Waals surface area contributed by atoms with Gasteiger partial charge in [0.25, 0.3) is 0 Å². The number of esters is 1. The molecule has 0 saturated heterocycles. The fraction of sp³-hybridized carbons (Fsp3) is 0.594. The van der Waals surface area contributed by atoms with Crippen LogP contribution in [0, 0.1) is 35.5 Å². The Balaban J connectivity index is 1.38. The van der Waals surface area contributed by atoms with E-state index in [0.29, 0.717) is 48.0 Å². The smallest absolute Gasteiger partial charge is 0.458 e. The van der Waals surface area contributed by atoms with Gasteiger partial charge >= 0.3 is 13.8 Å². The Morgan fingerprint density at radius 2 is 1.98 bits per heavy atom. The Hall–Kier alpha value is -2.48. The van der Waals surface area contributed by atoms with E-state index in [-0.39, 0.29) is 30.8 Å². The molecule has 0 spiro atoms. The largest absolute Gasteiger partial charge is 0.524 e. The number of aliphatic hydroxyl groups is 2. The summed E-state index contributed by atoms with van der Waals surface area (Å²) >= 11 is 0. The highest BCUT2D eigenvalue weighted by atomic mass is 31.2. The van der Waals surface area contributed by atoms with Crippen molar-refractivity contribution in [2.75, 3.05) is 40.5 Å². The number of carbonyl (C=O) groups is 1. The van der Waals surface area contributed by atoms with E-state index in [4.69, 9.17) is 23.8 Å². The van der Waals surface area contributed by atoms with Gasteiger partial charge in [0.05, 0.1) is 32.9 Å². The standard InChI is InChI=1S/C32H46NO9P/c1-5-6-9-23(2)29(34)13-12-27-28-19-24(18-26(28)20-30(27)35)14-16-40-22-32(36)41-17-15-33(3,4)21-25-10-7-8-11-31(25)42-43(37,38)39/h7-8,10-14,23,26-30,34-35H,9,15-22H2,1-4H3,(H-,37,38,39)/p+1/b13-12+,24-14+/t23?,26-,27+,28-,29+,30+/m0/s1. The molecule has 0 heterocycles. The Kier molecular flexibility index (Phi) is 13.0. The van der Waals surface area contributed by atoms with Crippen LogP contribution in [-0.2, 0) is 25.4 Å². The van der Waals surface area contributed by atoms with Gasteiger partial charge in [-0.2, -0.15) is 0 Å². The van der Waals surface area contributed by atoms with Gasteiger partial charge in [0.1, 0.15) is 32.1 Å². The molecule has 10 nitrogen and oxygen atoms in total. The Morgan fingerprint density at radius 1 is 1.23 bits per heavy atom. The predicted molar refractivity (Wildman–Crippen MR) is 162 cm³/mol. The fourth-order valence-corrected chi connectivity index (χ4v) is 6.35. The first-order valence-electron chi connectivity index (χ1n) is 14.8. The molecule has 0 radical (unpaired) electrons. The molecule has 0 aromatic heterocycles. The molecular weight excluding hydrogens is 573 g/mol. The minimum Gasteiger partial charge on any atom is -0.458 e. The number of quaternary nitrogens is 1. The van der Waals surface area contributed by atoms with Crippen LogP contribution in [-0.4, -0.2) is 83.1 Å². The zero-order valence-electron chi connectivity index (χ0n) is 25.6. The number of rotatable bonds is 15. The molecule has 0 bridgehead atoms. The molecule has 6 atom stereocenters. The monoisotopic (exact) mass is 620 g/mol. The Morgan fingerprint density at radius 3 is 2.70 bits per heavy atom. The van der Waals surface area contributed by atoms with Gasteiger partial charge in [-0.25, -0.2) is 9.36 Å². The molecule has 11 heteroatoms. The normalized spacial score (nSPS) is 24.4. The molecule has 2 aliphatic carbocycles. The summed E-state index contributed by atoms with van der Waals surface area (Å²) in [6.45, 7) is 4.96. The number of fused-ring (bicyclic) bond motifs is 1. The van der Waals surface area contributed by atoms with Gasteiger partial charge in [-0.1, -0.05) is 42.9 Å². The highest BCUT2D eigenvalue weighted by Crippen LogP contribution is 2.50. The lowest BCUT2D eigenvalue weighted by Gasteiger charge is -2.30. The molecule has 238 valence electrons. The average molecular weight is 621 g/mol. The number of ether oxygens (including phenoxy) is 2. The summed E-state index contributed by atoms with van der Waals surface area (Å²) in [5, 5.41) is 21.0. The number of nitrogens with zero attached hydrogens (tertiary/aromatic N) is 1. The molecule has 0 amide bonds. The van der Waals surface area contributed by atoms with Crippen LogP contribution in [0.3, 0.4) is 0 Å². The molecule has 1 aromatic rings. The van der Waals surface area contributed by atoms with E-state index in [1.54, 1.807) is 25.1 Å². The summed E-state index contributed by atoms with van der Waals surface area (Å²) in [6, 6.07) is 6.66. The van der Waals surface area contributed by atoms with Crippen molar-refractivity contribution in [3.05, 3.63) is 53.6 Å². The Bertz CT molecular complexity index is 1240. The van der Waals surface area contributed by atoms with Crippen LogP contribution >= 0.6 is 7.82 Å². The highest BCUT2D eigenvalue weighted by molar-refractivity contribution is 7.46. The minimum absolute atomic E-state index is 0.0145. The van der Waals surface area contributed by atoms with E-state index in [1.165, 1.54) is 11.6 Å². The number of hydrogen-bond acceptors (Lipinski definition) is 7. The van der Waals surface area contributed by atoms with Crippen molar-refractivity contribution in [1.29, 1.82) is 0 Å². The molecular formula is C32H47NO9P+. The molecule has 1 unspecified atom stereocenters. The van der Waals surface area contributed by atoms with Gasteiger partial charge in [-0.05, 0) is 56.1 Å². The van der Waals surface area contributed by atoms with Gasteiger partial charge in [-0.15, -0.1) is 11.8 Å². The van der Waals surface area contributed by atoms with Crippen LogP contribution < -0.4 is 4.52 Å². The quantitative estimate of drug-likeness (QED) is 0.0578. The van der Waals surface area contributed by atoms with E-state index < -0.39 is 26.0 Å². The molecule has 43 heavy (non-hydrogen) atoms. The maximum absolute atomic E-state index is 12.2. The maximum Gasteiger partial charge on any atom is 0.524 e. The van der Waals surface area contributed by atoms with E-state index in [1.807, 2.05) is 39.2 Å². The van der Waals surface area contributed by atoms with Crippen molar-refractivity contribution < 1.29 is 47.8 Å². The molecule has 2 fully saturated rings. The summed E-state index contributed by atoms with van der Waals surface area (Å²) in [5.41, 5.74) is 1.90. The van der Waals surface area contributed by atoms with E-state index >= 15 is 0 Å². The van der Waals surface area contributed by atoms with Gasteiger partial charge in [0.15, 0.2) is 0 Å². The minimum atomic E-state index is -4.68. The van der Waals surface area contributed by atoms with Crippen molar-refractivity contribution in [2.24, 2.45) is 23.7 Å². The number of phosphoric acid groups is 1. The van der Waals surface area contributed by atoms with Gasteiger partial charge in [0.2, 0.25) is 0 Å². The number of allylic oxidation sites excluding steroid dienone is 1. The number of phosphoric ester groups is 1. The van der Waals surface area contributed by atoms with Crippen LogP contribution in [0.1, 0.15) is 45.1 Å². The summed E-state index contributed by atoms with van der Waals surface area (Å²) in [6.07, 6.45) is 7.98. The summed E-state index contributed by atoms with van der Waals surface area (Å²) in [4.78, 5) is 30.5. The highest BCUT2D eigenvalue weighted by Gasteiger charge is 2.45. The summed E-state index contributed by atoms with van der Waals surface area (Å²) in [7, 11) is -0.830. The van der Waals surface area contributed by atoms with Crippen LogP contribution in [0.5, 0.6) is 5.75 Å². The van der Waals surface area contributed by atoms with Crippen molar-refractivity contribution in [2.45, 2.75) is 58.3 Å². The maximum atomic E-state index is 12.2. The van der Waals surface area contributed by atoms with Crippen molar-refractivity contribution in [1.82, 2.24) is 0 Å². The number of likely N-dealkylation sites (N-methyl/N-ethyl adjacent to an activating group) is 1. The van der Waals surface area contributed by atoms with Gasteiger partial charge in [-0.3, -0.25) is 9.79 Å². The molecule has 1 aromatic carbocycles. The zero-order valence-corrected chi connectivity index (χ0v) is 26.5. The third-order valence-electron chi connectivity index (χ3n) is 8.28. The lowest BCUT2D eigenvalue weighted by atomic mass is 9.89. The second kappa shape index (κ2) is 16.0. The van der Waals surface area contributed by atoms with E-state index in [9.17, 15) is 19.6 Å². The first kappa shape index (κ1) is 35.0. The fourth-order valence-electron chi connectivity index (χ4n) is 5.91. The first-order chi connectivity index (χ1) is 20.3. The molecule has 3 rings (SSSR count). The lowest BCUT2D eigenvalue weighted by Crippen LogP contribution is -2.42. The van der Waals surface area contributed by atoms with Crippen molar-refractivity contribution in [3.8, 4) is 17.6 Å². The third-order valence-corrected chi connectivity index (χ3v) is 8.72. The number of hydrogen-bond donors (Lipinski definition) is 4. The second-order valence-electron chi connectivity index (χ2n) is 12.3. The van der Waals surface area contributed by atoms with Gasteiger partial charge in [0, 0.05) is 17.9 Å². The summed E-state index contributed by atoms with van der Waals surface area (Å²) < 4.78 is 27.4. The third kappa shape index (κ3) is 11.5. The molecule has 4 N–H and O–H groups in total. The van der Waals surface area contributed by atoms with Crippen LogP contribution in [0.25, 0.3) is 0 Å². The SMILES string of the molecule is CC#CCC(C)[C@H](O)/C=C/[C@@H]1[C@H]2C/C(=C/COCC(=O)OCC[N+](C)(C)Cc3ccccc3OP(=O)(O)O)C[C@H]2C[C@H]1O. The lowest BCUT2D eigenvalue weighted by molar-refractivity contribution is -0.903. The molecule has 2 aliphatic rings. The number of aliphatic hydroxyl groups excluding tert-OH is 2. The van der Waals surface area contributed by atoms with Crippen molar-refractivity contribution in [3.63, 3.8) is 0 Å². The number of benzene rings is 1. The van der Waals surface area contributed by atoms with Crippen molar-refractivity contribution >= 4 is 13.8 Å².